The zero-order valence-electron chi connectivity index (χ0n) is 6.95. The number of phenolic OH excluding ortho intramolecular Hbond substituents is 1. The van der Waals surface area contributed by atoms with Crippen LogP contribution in [0.1, 0.15) is 5.69 Å². The Labute approximate surface area is 90.5 Å². The van der Waals surface area contributed by atoms with Crippen LogP contribution < -0.4 is 0 Å². The minimum Gasteiger partial charge on any atom is -0.508 e. The summed E-state index contributed by atoms with van der Waals surface area (Å²) in [5.74, 6) is 0.298. The summed E-state index contributed by atoms with van der Waals surface area (Å²) in [6.07, 6.45) is 0.595. The molecule has 0 spiro atoms. The minimum absolute atomic E-state index is 0.298. The van der Waals surface area contributed by atoms with Crippen LogP contribution in [0.4, 0.5) is 0 Å². The summed E-state index contributed by atoms with van der Waals surface area (Å²) >= 11 is 2.29. The molecule has 0 saturated carbocycles. The maximum Gasteiger partial charge on any atom is 0.116 e. The minimum atomic E-state index is 0.298. The van der Waals surface area contributed by atoms with Crippen molar-refractivity contribution in [2.24, 2.45) is 0 Å². The largest absolute Gasteiger partial charge is 0.508 e. The van der Waals surface area contributed by atoms with Crippen LogP contribution in [-0.2, 0) is 0 Å². The van der Waals surface area contributed by atoms with Crippen molar-refractivity contribution in [3.63, 3.8) is 0 Å². The highest BCUT2D eigenvalue weighted by Gasteiger charge is 2.06. The molecule has 1 N–H and O–H groups in total. The molecule has 0 radical (unpaired) electrons. The molecule has 13 heavy (non-hydrogen) atoms. The first-order valence-electron chi connectivity index (χ1n) is 3.77. The Morgan fingerprint density at radius 2 is 2.31 bits per heavy atom. The van der Waals surface area contributed by atoms with Crippen LogP contribution in [0.3, 0.4) is 0 Å². The van der Waals surface area contributed by atoms with Gasteiger partial charge in [0.25, 0.3) is 0 Å². The van der Waals surface area contributed by atoms with E-state index >= 15 is 0 Å². The van der Waals surface area contributed by atoms with Crippen LogP contribution in [0.5, 0.6) is 5.75 Å². The van der Waals surface area contributed by atoms with Crippen LogP contribution in [0.15, 0.2) is 18.2 Å². The predicted molar refractivity (Wildman–Crippen MR) is 63.9 cm³/mol. The van der Waals surface area contributed by atoms with E-state index in [0.29, 0.717) is 12.1 Å². The lowest BCUT2D eigenvalue weighted by Gasteiger charge is -1.96. The second kappa shape index (κ2) is 3.42. The van der Waals surface area contributed by atoms with E-state index in [1.807, 2.05) is 17.4 Å². The number of rotatable bonds is 1. The second-order valence-corrected chi connectivity index (χ2v) is 4.82. The number of halogens is 1. The summed E-state index contributed by atoms with van der Waals surface area (Å²) < 4.78 is 1.95. The van der Waals surface area contributed by atoms with Crippen molar-refractivity contribution >= 4 is 39.3 Å². The highest BCUT2D eigenvalue weighted by Crippen LogP contribution is 2.31. The number of hydrogen-bond donors (Lipinski definition) is 1. The number of benzene rings is 1. The van der Waals surface area contributed by atoms with E-state index in [4.69, 9.17) is 0 Å². The van der Waals surface area contributed by atoms with Gasteiger partial charge in [0.15, 0.2) is 0 Å². The van der Waals surface area contributed by atoms with Crippen LogP contribution in [0, 0.1) is 6.92 Å². The van der Waals surface area contributed by atoms with Gasteiger partial charge in [0, 0.05) is 5.39 Å². The molecule has 0 amide bonds. The molecule has 1 heterocycles. The highest BCUT2D eigenvalue weighted by atomic mass is 127. The van der Waals surface area contributed by atoms with E-state index in [-0.39, 0.29) is 0 Å². The molecule has 0 fully saturated rings. The monoisotopic (exact) mass is 306 g/mol. The molecule has 0 aliphatic rings. The van der Waals surface area contributed by atoms with Gasteiger partial charge in [-0.05, 0) is 47.2 Å². The van der Waals surface area contributed by atoms with Crippen molar-refractivity contribution in [1.82, 2.24) is 9.55 Å². The van der Waals surface area contributed by atoms with Gasteiger partial charge in [0.05, 0.1) is 17.6 Å². The molecule has 0 saturated heterocycles. The third-order valence-electron chi connectivity index (χ3n) is 1.93. The van der Waals surface area contributed by atoms with E-state index in [9.17, 15) is 5.11 Å². The third kappa shape index (κ3) is 1.53. The predicted octanol–water partition coefficient (Wildman–Crippen LogP) is 2.84. The molecule has 2 rings (SSSR count). The molecular weight excluding hydrogens is 298 g/mol. The molecule has 0 bridgehead atoms. The standard InChI is InChI=1S/C8H8IN2OP/c1-5-7-4-6(12)2-3-8(7)11(10-5)13-9/h2-4,12-13H,1H3. The van der Waals surface area contributed by atoms with Gasteiger partial charge in [0.1, 0.15) is 5.75 Å². The van der Waals surface area contributed by atoms with E-state index < -0.39 is 0 Å². The van der Waals surface area contributed by atoms with Crippen molar-refractivity contribution in [3.05, 3.63) is 23.9 Å². The smallest absolute Gasteiger partial charge is 0.116 e. The van der Waals surface area contributed by atoms with Crippen molar-refractivity contribution in [2.75, 3.05) is 0 Å². The number of aryl methyl sites for hydroxylation is 1. The summed E-state index contributed by atoms with van der Waals surface area (Å²) in [4.78, 5) is 0. The van der Waals surface area contributed by atoms with E-state index in [1.54, 1.807) is 12.1 Å². The fourth-order valence-electron chi connectivity index (χ4n) is 1.32. The quantitative estimate of drug-likeness (QED) is 0.650. The van der Waals surface area contributed by atoms with Crippen molar-refractivity contribution in [3.8, 4) is 5.75 Å². The van der Waals surface area contributed by atoms with Crippen molar-refractivity contribution in [1.29, 1.82) is 0 Å². The zero-order chi connectivity index (χ0) is 9.42. The van der Waals surface area contributed by atoms with Crippen molar-refractivity contribution < 1.29 is 5.11 Å². The van der Waals surface area contributed by atoms with Crippen LogP contribution in [0.2, 0.25) is 0 Å². The summed E-state index contributed by atoms with van der Waals surface area (Å²) in [7, 11) is 0. The maximum atomic E-state index is 9.30. The van der Waals surface area contributed by atoms with Gasteiger partial charge in [-0.1, -0.05) is 0 Å². The maximum absolute atomic E-state index is 9.30. The fourth-order valence-corrected chi connectivity index (χ4v) is 2.90. The first kappa shape index (κ1) is 9.21. The first-order valence-corrected chi connectivity index (χ1v) is 7.83. The molecule has 1 unspecified atom stereocenters. The van der Waals surface area contributed by atoms with Gasteiger partial charge in [-0.2, -0.15) is 5.10 Å². The lowest BCUT2D eigenvalue weighted by molar-refractivity contribution is 0.476. The van der Waals surface area contributed by atoms with E-state index in [0.717, 1.165) is 16.6 Å². The molecule has 1 aromatic heterocycles. The van der Waals surface area contributed by atoms with Gasteiger partial charge < -0.3 is 5.11 Å². The second-order valence-electron chi connectivity index (χ2n) is 2.78. The van der Waals surface area contributed by atoms with Gasteiger partial charge in [-0.15, -0.1) is 0 Å². The van der Waals surface area contributed by atoms with Crippen LogP contribution >= 0.6 is 28.4 Å². The van der Waals surface area contributed by atoms with Gasteiger partial charge in [-0.25, -0.2) is 4.45 Å². The van der Waals surface area contributed by atoms with E-state index in [2.05, 4.69) is 27.1 Å². The van der Waals surface area contributed by atoms with E-state index in [1.165, 1.54) is 0 Å². The molecule has 1 aromatic carbocycles. The molecule has 2 aromatic rings. The molecule has 5 heteroatoms. The van der Waals surface area contributed by atoms with Crippen LogP contribution in [-0.4, -0.2) is 14.7 Å². The number of nitrogens with zero attached hydrogens (tertiary/aromatic N) is 2. The van der Waals surface area contributed by atoms with Gasteiger partial charge >= 0.3 is 0 Å². The Morgan fingerprint density at radius 3 is 3.00 bits per heavy atom. The molecular formula is C8H8IN2OP. The zero-order valence-corrected chi connectivity index (χ0v) is 10.1. The van der Waals surface area contributed by atoms with Gasteiger partial charge in [-0.3, -0.25) is 0 Å². The highest BCUT2D eigenvalue weighted by molar-refractivity contribution is 14.2. The number of hydrogen-bond acceptors (Lipinski definition) is 2. The number of aromatic hydroxyl groups is 1. The van der Waals surface area contributed by atoms with Crippen molar-refractivity contribution in [2.45, 2.75) is 6.92 Å². The normalized spacial score (nSPS) is 11.8. The SMILES string of the molecule is Cc1nn(PI)c2ccc(O)cc12. The van der Waals surface area contributed by atoms with Crippen LogP contribution in [0.25, 0.3) is 10.9 Å². The fraction of sp³-hybridized carbons (Fsp3) is 0.125. The molecule has 0 aliphatic heterocycles. The summed E-state index contributed by atoms with van der Waals surface area (Å²) in [5.41, 5.74) is 2.05. The van der Waals surface area contributed by atoms with Gasteiger partial charge in [0.2, 0.25) is 0 Å². The summed E-state index contributed by atoms with van der Waals surface area (Å²) in [5, 5.41) is 14.7. The summed E-state index contributed by atoms with van der Waals surface area (Å²) in [6.45, 7) is 1.95. The number of aromatic nitrogens is 2. The summed E-state index contributed by atoms with van der Waals surface area (Å²) in [6, 6.07) is 5.35. The molecule has 0 aliphatic carbocycles. The third-order valence-corrected chi connectivity index (χ3v) is 3.80. The molecule has 1 atom stereocenters. The number of phenols is 1. The lowest BCUT2D eigenvalue weighted by atomic mass is 10.2. The number of fused-ring (bicyclic) bond motifs is 1. The lowest BCUT2D eigenvalue weighted by Crippen LogP contribution is -1.81. The average Bonchev–Trinajstić information content (AvgIpc) is 2.43. The first-order chi connectivity index (χ1) is 6.22. The Hall–Kier alpha value is -0.350. The molecule has 68 valence electrons. The molecule has 3 nitrogen and oxygen atoms in total. The Kier molecular flexibility index (Phi) is 2.43. The average molecular weight is 306 g/mol. The Morgan fingerprint density at radius 1 is 1.54 bits per heavy atom. The topological polar surface area (TPSA) is 38.0 Å². The Bertz CT molecular complexity index is 455. The Balaban J connectivity index is 2.80.